The van der Waals surface area contributed by atoms with E-state index in [1.807, 2.05) is 30.3 Å². The van der Waals surface area contributed by atoms with Gasteiger partial charge in [0, 0.05) is 46.0 Å². The van der Waals surface area contributed by atoms with Gasteiger partial charge in [-0.25, -0.2) is 0 Å². The van der Waals surface area contributed by atoms with E-state index >= 15 is 0 Å². The van der Waals surface area contributed by atoms with Gasteiger partial charge in [-0.05, 0) is 63.4 Å². The Bertz CT molecular complexity index is 1030. The van der Waals surface area contributed by atoms with Crippen LogP contribution in [0.1, 0.15) is 32.6 Å². The maximum Gasteiger partial charge on any atom is 0.248 e. The number of hydrogen-bond donors (Lipinski definition) is 1. The van der Waals surface area contributed by atoms with E-state index in [0.29, 0.717) is 35.9 Å². The monoisotopic (exact) mass is 452 g/mol. The zero-order valence-corrected chi connectivity index (χ0v) is 20.2. The summed E-state index contributed by atoms with van der Waals surface area (Å²) < 4.78 is 12.6. The van der Waals surface area contributed by atoms with Crippen LogP contribution in [0.25, 0.3) is 16.2 Å². The van der Waals surface area contributed by atoms with Crippen molar-refractivity contribution in [1.29, 1.82) is 0 Å². The molecule has 3 aromatic rings. The Morgan fingerprint density at radius 2 is 1.81 bits per heavy atom. The third-order valence-electron chi connectivity index (χ3n) is 5.21. The van der Waals surface area contributed by atoms with Crippen LogP contribution in [-0.2, 0) is 4.79 Å². The van der Waals surface area contributed by atoms with Gasteiger partial charge in [0.05, 0.1) is 7.11 Å². The Balaban J connectivity index is 1.62. The third kappa shape index (κ3) is 6.34. The van der Waals surface area contributed by atoms with E-state index in [-0.39, 0.29) is 5.91 Å². The molecule has 0 radical (unpaired) electrons. The molecule has 32 heavy (non-hydrogen) atoms. The topological polar surface area (TPSA) is 50.8 Å². The number of nitrogens with zero attached hydrogens (tertiary/aromatic N) is 1. The number of anilines is 1. The van der Waals surface area contributed by atoms with Gasteiger partial charge < -0.3 is 14.8 Å². The van der Waals surface area contributed by atoms with Crippen LogP contribution in [0.5, 0.6) is 11.5 Å². The number of carbonyl (C=O) groups excluding carboxylic acids is 1. The van der Waals surface area contributed by atoms with Gasteiger partial charge in [-0.1, -0.05) is 18.2 Å². The third-order valence-corrected chi connectivity index (χ3v) is 6.29. The maximum absolute atomic E-state index is 12.4. The second-order valence-electron chi connectivity index (χ2n) is 8.15. The van der Waals surface area contributed by atoms with E-state index in [4.69, 9.17) is 9.47 Å². The van der Waals surface area contributed by atoms with Crippen molar-refractivity contribution in [3.8, 4) is 11.5 Å². The van der Waals surface area contributed by atoms with Gasteiger partial charge in [0.25, 0.3) is 0 Å². The minimum atomic E-state index is -0.190. The van der Waals surface area contributed by atoms with Gasteiger partial charge in [0.2, 0.25) is 5.91 Å². The van der Waals surface area contributed by atoms with E-state index in [2.05, 4.69) is 56.1 Å². The van der Waals surface area contributed by atoms with Crippen molar-refractivity contribution < 1.29 is 14.3 Å². The molecule has 0 saturated carbocycles. The number of methoxy groups -OCH3 is 1. The van der Waals surface area contributed by atoms with Crippen LogP contribution in [0, 0.1) is 0 Å². The van der Waals surface area contributed by atoms with Gasteiger partial charge >= 0.3 is 0 Å². The lowest BCUT2D eigenvalue weighted by Gasteiger charge is -2.30. The van der Waals surface area contributed by atoms with Crippen LogP contribution in [0.15, 0.2) is 54.6 Å². The molecular formula is C26H32N2O3S. The van der Waals surface area contributed by atoms with E-state index in [9.17, 15) is 4.79 Å². The molecule has 1 aromatic heterocycles. The number of fused-ring (bicyclic) bond motifs is 1. The van der Waals surface area contributed by atoms with Crippen molar-refractivity contribution >= 4 is 39.1 Å². The second-order valence-corrected chi connectivity index (χ2v) is 9.26. The van der Waals surface area contributed by atoms with E-state index in [1.165, 1.54) is 10.1 Å². The van der Waals surface area contributed by atoms with Crippen molar-refractivity contribution in [2.75, 3.05) is 25.6 Å². The molecule has 0 bridgehead atoms. The Morgan fingerprint density at radius 1 is 1.06 bits per heavy atom. The fourth-order valence-corrected chi connectivity index (χ4v) is 4.63. The summed E-state index contributed by atoms with van der Waals surface area (Å²) in [4.78, 5) is 15.9. The standard InChI is InChI=1S/C26H32N2O3S/c1-18(2)28(19(3)4)14-15-31-24-17-21(10-12-23(24)30-5)27-26(29)13-11-22-16-20-8-6-7-9-25(20)32-22/h6-13,16-19H,14-15H2,1-5H3,(H,27,29)/b13-11+. The smallest absolute Gasteiger partial charge is 0.248 e. The fourth-order valence-electron chi connectivity index (χ4n) is 3.67. The zero-order chi connectivity index (χ0) is 23.1. The normalized spacial score (nSPS) is 11.8. The highest BCUT2D eigenvalue weighted by Gasteiger charge is 2.14. The molecular weight excluding hydrogens is 420 g/mol. The van der Waals surface area contributed by atoms with Crippen molar-refractivity contribution in [2.24, 2.45) is 0 Å². The number of ether oxygens (including phenoxy) is 2. The predicted molar refractivity (Wildman–Crippen MR) is 135 cm³/mol. The summed E-state index contributed by atoms with van der Waals surface area (Å²) in [6.45, 7) is 10.1. The Labute approximate surface area is 194 Å². The average molecular weight is 453 g/mol. The molecule has 1 N–H and O–H groups in total. The SMILES string of the molecule is COc1ccc(NC(=O)/C=C/c2cc3ccccc3s2)cc1OCCN(C(C)C)C(C)C. The number of rotatable bonds is 10. The molecule has 0 aliphatic heterocycles. The first-order valence-corrected chi connectivity index (χ1v) is 11.7. The molecule has 6 heteroatoms. The molecule has 3 rings (SSSR count). The number of carbonyl (C=O) groups is 1. The molecule has 0 saturated heterocycles. The highest BCUT2D eigenvalue weighted by molar-refractivity contribution is 7.19. The van der Waals surface area contributed by atoms with Gasteiger partial charge in [-0.2, -0.15) is 0 Å². The number of nitrogens with one attached hydrogen (secondary N) is 1. The molecule has 1 amide bonds. The van der Waals surface area contributed by atoms with Crippen molar-refractivity contribution in [1.82, 2.24) is 4.90 Å². The quantitative estimate of drug-likeness (QED) is 0.380. The van der Waals surface area contributed by atoms with Gasteiger partial charge in [0.1, 0.15) is 6.61 Å². The molecule has 0 atom stereocenters. The molecule has 0 unspecified atom stereocenters. The molecule has 2 aromatic carbocycles. The first-order chi connectivity index (χ1) is 15.4. The Hall–Kier alpha value is -2.83. The number of hydrogen-bond acceptors (Lipinski definition) is 5. The molecule has 1 heterocycles. The highest BCUT2D eigenvalue weighted by Crippen LogP contribution is 2.30. The lowest BCUT2D eigenvalue weighted by Crippen LogP contribution is -2.39. The summed E-state index contributed by atoms with van der Waals surface area (Å²) in [5.41, 5.74) is 0.663. The van der Waals surface area contributed by atoms with E-state index < -0.39 is 0 Å². The van der Waals surface area contributed by atoms with Gasteiger partial charge in [-0.15, -0.1) is 11.3 Å². The van der Waals surface area contributed by atoms with Crippen LogP contribution in [-0.4, -0.2) is 43.2 Å². The van der Waals surface area contributed by atoms with Crippen LogP contribution in [0.4, 0.5) is 5.69 Å². The van der Waals surface area contributed by atoms with Crippen LogP contribution in [0.3, 0.4) is 0 Å². The largest absolute Gasteiger partial charge is 0.493 e. The molecule has 170 valence electrons. The molecule has 0 aliphatic rings. The lowest BCUT2D eigenvalue weighted by molar-refractivity contribution is -0.111. The summed E-state index contributed by atoms with van der Waals surface area (Å²) in [6.07, 6.45) is 3.39. The van der Waals surface area contributed by atoms with Crippen molar-refractivity contribution in [3.05, 3.63) is 59.5 Å². The fraction of sp³-hybridized carbons (Fsp3) is 0.346. The summed E-state index contributed by atoms with van der Waals surface area (Å²) in [5, 5.41) is 4.09. The maximum atomic E-state index is 12.4. The zero-order valence-electron chi connectivity index (χ0n) is 19.4. The Kier molecular flexibility index (Phi) is 8.31. The number of amides is 1. The first-order valence-electron chi connectivity index (χ1n) is 10.9. The molecule has 5 nitrogen and oxygen atoms in total. The average Bonchev–Trinajstić information content (AvgIpc) is 3.18. The van der Waals surface area contributed by atoms with Crippen molar-refractivity contribution in [3.63, 3.8) is 0 Å². The van der Waals surface area contributed by atoms with Gasteiger partial charge in [-0.3, -0.25) is 9.69 Å². The minimum absolute atomic E-state index is 0.190. The predicted octanol–water partition coefficient (Wildman–Crippen LogP) is 6.06. The van der Waals surface area contributed by atoms with Gasteiger partial charge in [0.15, 0.2) is 11.5 Å². The van der Waals surface area contributed by atoms with E-state index in [1.54, 1.807) is 30.6 Å². The number of thiophene rings is 1. The van der Waals surface area contributed by atoms with Crippen LogP contribution < -0.4 is 14.8 Å². The summed E-state index contributed by atoms with van der Waals surface area (Å²) >= 11 is 1.66. The molecule has 0 spiro atoms. The lowest BCUT2D eigenvalue weighted by atomic mass is 10.2. The van der Waals surface area contributed by atoms with Crippen LogP contribution >= 0.6 is 11.3 Å². The second kappa shape index (κ2) is 11.2. The molecule has 0 aliphatic carbocycles. The Morgan fingerprint density at radius 3 is 2.50 bits per heavy atom. The van der Waals surface area contributed by atoms with Crippen LogP contribution in [0.2, 0.25) is 0 Å². The summed E-state index contributed by atoms with van der Waals surface area (Å²) in [5.74, 6) is 1.07. The summed E-state index contributed by atoms with van der Waals surface area (Å²) in [7, 11) is 1.61. The minimum Gasteiger partial charge on any atom is -0.493 e. The number of benzene rings is 2. The molecule has 0 fully saturated rings. The highest BCUT2D eigenvalue weighted by atomic mass is 32.1. The van der Waals surface area contributed by atoms with E-state index in [0.717, 1.165) is 11.4 Å². The van der Waals surface area contributed by atoms with Crippen molar-refractivity contribution in [2.45, 2.75) is 39.8 Å². The first kappa shape index (κ1) is 23.8. The summed E-state index contributed by atoms with van der Waals surface area (Å²) in [6, 6.07) is 16.6.